The molecule has 0 saturated heterocycles. The average molecular weight is 413 g/mol. The Labute approximate surface area is 162 Å². The molecule has 2 heterocycles. The van der Waals surface area contributed by atoms with Gasteiger partial charge in [-0.05, 0) is 25.0 Å². The van der Waals surface area contributed by atoms with E-state index in [-0.39, 0.29) is 38.1 Å². The number of aryl methyl sites for hydroxylation is 2. The fraction of sp³-hybridized carbons (Fsp3) is 0.125. The number of aromatic hydroxyl groups is 1. The van der Waals surface area contributed by atoms with Crippen LogP contribution in [-0.4, -0.2) is 21.0 Å². The number of rotatable bonds is 2. The highest BCUT2D eigenvalue weighted by Gasteiger charge is 2.20. The minimum Gasteiger partial charge on any atom is -0.493 e. The van der Waals surface area contributed by atoms with Gasteiger partial charge in [0, 0.05) is 5.39 Å². The molecule has 134 valence electrons. The molecule has 1 amide bonds. The van der Waals surface area contributed by atoms with E-state index in [1.165, 1.54) is 0 Å². The summed E-state index contributed by atoms with van der Waals surface area (Å²) in [7, 11) is 0. The lowest BCUT2D eigenvalue weighted by Gasteiger charge is -2.05. The summed E-state index contributed by atoms with van der Waals surface area (Å²) in [4.78, 5) is 18.9. The summed E-state index contributed by atoms with van der Waals surface area (Å²) in [5, 5.41) is 17.7. The highest BCUT2D eigenvalue weighted by Crippen LogP contribution is 2.38. The van der Waals surface area contributed by atoms with E-state index in [4.69, 9.17) is 40.5 Å². The van der Waals surface area contributed by atoms with E-state index in [1.807, 2.05) is 19.9 Å². The number of nitrogen functional groups attached to an aromatic ring is 1. The van der Waals surface area contributed by atoms with E-state index in [9.17, 15) is 9.90 Å². The van der Waals surface area contributed by atoms with Crippen molar-refractivity contribution in [3.05, 3.63) is 44.2 Å². The largest absolute Gasteiger partial charge is 0.493 e. The number of hydrogen-bond acceptors (Lipinski definition) is 5. The Morgan fingerprint density at radius 3 is 2.62 bits per heavy atom. The van der Waals surface area contributed by atoms with Gasteiger partial charge in [0.1, 0.15) is 5.02 Å². The van der Waals surface area contributed by atoms with Gasteiger partial charge in [-0.25, -0.2) is 4.98 Å². The van der Waals surface area contributed by atoms with Crippen LogP contribution in [0.25, 0.3) is 10.9 Å². The lowest BCUT2D eigenvalue weighted by atomic mass is 10.1. The maximum Gasteiger partial charge on any atom is 0.315 e. The molecule has 3 aromatic rings. The first-order chi connectivity index (χ1) is 12.2. The van der Waals surface area contributed by atoms with Gasteiger partial charge in [-0.15, -0.1) is 10.2 Å². The molecule has 26 heavy (non-hydrogen) atoms. The number of aromatic nitrogens is 2. The van der Waals surface area contributed by atoms with Crippen LogP contribution in [0.3, 0.4) is 0 Å². The van der Waals surface area contributed by atoms with E-state index in [0.717, 1.165) is 11.1 Å². The number of carbonyl (C=O) groups is 1. The Morgan fingerprint density at radius 2 is 1.92 bits per heavy atom. The Morgan fingerprint density at radius 1 is 1.23 bits per heavy atom. The van der Waals surface area contributed by atoms with Crippen molar-refractivity contribution in [2.24, 2.45) is 10.2 Å². The second-order valence-electron chi connectivity index (χ2n) is 5.55. The van der Waals surface area contributed by atoms with E-state index in [1.54, 1.807) is 6.07 Å². The molecule has 0 aliphatic rings. The fourth-order valence-electron chi connectivity index (χ4n) is 2.40. The van der Waals surface area contributed by atoms with Crippen molar-refractivity contribution in [3.63, 3.8) is 0 Å². The predicted octanol–water partition coefficient (Wildman–Crippen LogP) is 5.35. The third-order valence-corrected chi connectivity index (χ3v) is 5.11. The van der Waals surface area contributed by atoms with E-state index >= 15 is 0 Å². The topological polar surface area (TPSA) is 117 Å². The molecule has 0 unspecified atom stereocenters. The number of hydrogen-bond donors (Lipinski definition) is 3. The van der Waals surface area contributed by atoms with Crippen LogP contribution in [0.1, 0.15) is 21.6 Å². The maximum absolute atomic E-state index is 12.3. The molecule has 1 aromatic carbocycles. The zero-order valence-electron chi connectivity index (χ0n) is 13.6. The van der Waals surface area contributed by atoms with E-state index < -0.39 is 5.91 Å². The monoisotopic (exact) mass is 411 g/mol. The molecule has 4 N–H and O–H groups in total. The summed E-state index contributed by atoms with van der Waals surface area (Å²) >= 11 is 17.6. The number of nitrogens with one attached hydrogen (secondary N) is 1. The lowest BCUT2D eigenvalue weighted by molar-refractivity contribution is 0.0990. The number of benzene rings is 1. The molecule has 0 spiro atoms. The standard InChI is InChI=1S/C16H12Cl3N5O2/c1-5-3-4-7-11(6(5)2)22-15(25)12(7)23-24-16(26)13-8(17)10(20)9(18)14(19)21-13/h3-4,22,25H,1-2H3,(H2,20,21). The zero-order chi connectivity index (χ0) is 19.2. The van der Waals surface area contributed by atoms with Crippen molar-refractivity contribution in [3.8, 4) is 5.88 Å². The molecule has 3 rings (SSSR count). The van der Waals surface area contributed by atoms with Crippen LogP contribution in [-0.2, 0) is 0 Å². The number of anilines is 1. The number of pyridine rings is 1. The quantitative estimate of drug-likeness (QED) is 0.388. The molecule has 10 heteroatoms. The number of nitrogens with two attached hydrogens (primary N) is 1. The summed E-state index contributed by atoms with van der Waals surface area (Å²) < 4.78 is 0. The Hall–Kier alpha value is -2.35. The van der Waals surface area contributed by atoms with Crippen molar-refractivity contribution in [2.75, 3.05) is 5.73 Å². The van der Waals surface area contributed by atoms with E-state index in [0.29, 0.717) is 10.9 Å². The molecule has 0 aliphatic heterocycles. The number of aromatic amines is 1. The first kappa shape index (κ1) is 18.4. The van der Waals surface area contributed by atoms with Crippen molar-refractivity contribution in [1.29, 1.82) is 0 Å². The van der Waals surface area contributed by atoms with Gasteiger partial charge >= 0.3 is 5.91 Å². The molecular formula is C16H12Cl3N5O2. The van der Waals surface area contributed by atoms with Crippen LogP contribution in [0.4, 0.5) is 11.4 Å². The first-order valence-corrected chi connectivity index (χ1v) is 8.42. The molecule has 0 aliphatic carbocycles. The molecule has 7 nitrogen and oxygen atoms in total. The highest BCUT2D eigenvalue weighted by molar-refractivity contribution is 6.46. The van der Waals surface area contributed by atoms with Crippen molar-refractivity contribution < 1.29 is 9.90 Å². The van der Waals surface area contributed by atoms with Gasteiger partial charge in [0.15, 0.2) is 16.5 Å². The highest BCUT2D eigenvalue weighted by atomic mass is 35.5. The summed E-state index contributed by atoms with van der Waals surface area (Å²) in [5.41, 5.74) is 8.15. The number of amides is 1. The molecular weight excluding hydrogens is 401 g/mol. The van der Waals surface area contributed by atoms with Crippen molar-refractivity contribution >= 4 is 63.0 Å². The van der Waals surface area contributed by atoms with Gasteiger partial charge in [-0.2, -0.15) is 0 Å². The summed E-state index contributed by atoms with van der Waals surface area (Å²) in [6.07, 6.45) is 0. The fourth-order valence-corrected chi connectivity index (χ4v) is 2.99. The smallest absolute Gasteiger partial charge is 0.315 e. The number of halogens is 3. The number of H-pyrrole nitrogens is 1. The Kier molecular flexibility index (Phi) is 4.79. The van der Waals surface area contributed by atoms with Crippen LogP contribution >= 0.6 is 34.8 Å². The predicted molar refractivity (Wildman–Crippen MR) is 102 cm³/mol. The molecule has 0 atom stereocenters. The SMILES string of the molecule is Cc1ccc2c(N=NC(=O)c3nc(Cl)c(Cl)c(N)c3Cl)c(O)[nH]c2c1C. The lowest BCUT2D eigenvalue weighted by Crippen LogP contribution is -2.03. The minimum absolute atomic E-state index is 0.0507. The Bertz CT molecular complexity index is 1090. The third kappa shape index (κ3) is 2.98. The average Bonchev–Trinajstić information content (AvgIpc) is 2.93. The number of nitrogens with zero attached hydrogens (tertiary/aromatic N) is 3. The van der Waals surface area contributed by atoms with E-state index in [2.05, 4.69) is 20.2 Å². The van der Waals surface area contributed by atoms with Gasteiger partial charge in [0.05, 0.1) is 16.2 Å². The Balaban J connectivity index is 2.04. The van der Waals surface area contributed by atoms with Crippen molar-refractivity contribution in [1.82, 2.24) is 9.97 Å². The van der Waals surface area contributed by atoms with Crippen LogP contribution in [0.15, 0.2) is 22.4 Å². The first-order valence-electron chi connectivity index (χ1n) is 7.29. The summed E-state index contributed by atoms with van der Waals surface area (Å²) in [6, 6.07) is 3.65. The molecule has 0 radical (unpaired) electrons. The number of azo groups is 1. The van der Waals surface area contributed by atoms with Gasteiger partial charge < -0.3 is 15.8 Å². The van der Waals surface area contributed by atoms with Crippen molar-refractivity contribution in [2.45, 2.75) is 13.8 Å². The van der Waals surface area contributed by atoms with Gasteiger partial charge in [0.25, 0.3) is 0 Å². The third-order valence-electron chi connectivity index (χ3n) is 3.97. The minimum atomic E-state index is -0.877. The molecule has 0 bridgehead atoms. The number of fused-ring (bicyclic) bond motifs is 1. The van der Waals surface area contributed by atoms with Gasteiger partial charge in [-0.3, -0.25) is 4.79 Å². The molecule has 2 aromatic heterocycles. The summed E-state index contributed by atoms with van der Waals surface area (Å²) in [6.45, 7) is 3.85. The van der Waals surface area contributed by atoms with Crippen LogP contribution < -0.4 is 5.73 Å². The molecule has 0 fully saturated rings. The second kappa shape index (κ2) is 6.75. The second-order valence-corrected chi connectivity index (χ2v) is 6.66. The van der Waals surface area contributed by atoms with Crippen LogP contribution in [0.2, 0.25) is 15.2 Å². The number of carbonyl (C=O) groups excluding carboxylic acids is 1. The molecule has 0 saturated carbocycles. The van der Waals surface area contributed by atoms with Crippen LogP contribution in [0.5, 0.6) is 5.88 Å². The summed E-state index contributed by atoms with van der Waals surface area (Å²) in [5.74, 6) is -1.09. The van der Waals surface area contributed by atoms with Gasteiger partial charge in [-0.1, -0.05) is 46.9 Å². The van der Waals surface area contributed by atoms with Gasteiger partial charge in [0.2, 0.25) is 5.88 Å². The normalized spacial score (nSPS) is 11.6. The maximum atomic E-state index is 12.3. The van der Waals surface area contributed by atoms with Crippen LogP contribution in [0, 0.1) is 13.8 Å². The zero-order valence-corrected chi connectivity index (χ0v) is 15.8.